The normalized spacial score (nSPS) is 14.0. The molecule has 0 saturated carbocycles. The molecule has 4 rings (SSSR count). The van der Waals surface area contributed by atoms with E-state index < -0.39 is 0 Å². The average Bonchev–Trinajstić information content (AvgIpc) is 2.98. The number of thioether (sulfide) groups is 1. The number of fused-ring (bicyclic) bond motifs is 3. The highest BCUT2D eigenvalue weighted by Gasteiger charge is 2.21. The van der Waals surface area contributed by atoms with Gasteiger partial charge in [0, 0.05) is 17.7 Å². The van der Waals surface area contributed by atoms with Crippen LogP contribution in [0.3, 0.4) is 0 Å². The molecule has 0 N–H and O–H groups in total. The van der Waals surface area contributed by atoms with Gasteiger partial charge in [-0.05, 0) is 61.8 Å². The van der Waals surface area contributed by atoms with Gasteiger partial charge in [0.2, 0.25) is 0 Å². The van der Waals surface area contributed by atoms with Crippen molar-refractivity contribution in [1.29, 1.82) is 0 Å². The van der Waals surface area contributed by atoms with Crippen molar-refractivity contribution < 1.29 is 0 Å². The highest BCUT2D eigenvalue weighted by Crippen LogP contribution is 2.34. The van der Waals surface area contributed by atoms with Gasteiger partial charge in [-0.1, -0.05) is 30.0 Å². The number of benzene rings is 1. The van der Waals surface area contributed by atoms with Crippen LogP contribution < -0.4 is 5.56 Å². The van der Waals surface area contributed by atoms with Gasteiger partial charge in [0.05, 0.1) is 5.39 Å². The monoisotopic (exact) mass is 370 g/mol. The molecular weight excluding hydrogens is 348 g/mol. The lowest BCUT2D eigenvalue weighted by atomic mass is 9.97. The Balaban J connectivity index is 1.69. The molecule has 0 fully saturated rings. The molecular formula is C20H22N2OS2. The average molecular weight is 371 g/mol. The summed E-state index contributed by atoms with van der Waals surface area (Å²) in [6.07, 6.45) is 4.55. The quantitative estimate of drug-likeness (QED) is 0.491. The molecule has 1 aromatic carbocycles. The minimum absolute atomic E-state index is 0.118. The molecule has 3 nitrogen and oxygen atoms in total. The number of hydrogen-bond donors (Lipinski definition) is 0. The Hall–Kier alpha value is -1.59. The van der Waals surface area contributed by atoms with E-state index in [1.165, 1.54) is 40.0 Å². The van der Waals surface area contributed by atoms with Gasteiger partial charge in [-0.15, -0.1) is 11.3 Å². The summed E-state index contributed by atoms with van der Waals surface area (Å²) in [4.78, 5) is 20.1. The molecule has 5 heteroatoms. The van der Waals surface area contributed by atoms with Crippen molar-refractivity contribution in [1.82, 2.24) is 9.55 Å². The van der Waals surface area contributed by atoms with E-state index in [0.717, 1.165) is 34.0 Å². The van der Waals surface area contributed by atoms with Gasteiger partial charge in [0.25, 0.3) is 5.56 Å². The molecule has 0 bridgehead atoms. The highest BCUT2D eigenvalue weighted by atomic mass is 32.2. The van der Waals surface area contributed by atoms with Gasteiger partial charge in [-0.25, -0.2) is 4.98 Å². The second-order valence-corrected chi connectivity index (χ2v) is 8.88. The van der Waals surface area contributed by atoms with Crippen molar-refractivity contribution in [2.45, 2.75) is 50.4 Å². The summed E-state index contributed by atoms with van der Waals surface area (Å²) in [6, 6.07) is 6.55. The second-order valence-electron chi connectivity index (χ2n) is 6.86. The van der Waals surface area contributed by atoms with Gasteiger partial charge in [0.15, 0.2) is 5.16 Å². The first-order valence-corrected chi connectivity index (χ1v) is 10.5. The maximum atomic E-state index is 12.9. The molecule has 2 aromatic heterocycles. The topological polar surface area (TPSA) is 34.9 Å². The van der Waals surface area contributed by atoms with Crippen LogP contribution in [0.5, 0.6) is 0 Å². The maximum absolute atomic E-state index is 12.9. The third kappa shape index (κ3) is 3.04. The Labute approximate surface area is 156 Å². The number of rotatable bonds is 3. The fraction of sp³-hybridized carbons (Fsp3) is 0.400. The van der Waals surface area contributed by atoms with Gasteiger partial charge in [-0.2, -0.15) is 0 Å². The zero-order chi connectivity index (χ0) is 17.6. The lowest BCUT2D eigenvalue weighted by molar-refractivity contribution is 0.695. The SMILES string of the molecule is Cc1ccc(CSc2nc3sc4c(c3c(=O)n2C)CCCC4)cc1C. The van der Waals surface area contributed by atoms with E-state index >= 15 is 0 Å². The number of hydrogen-bond acceptors (Lipinski definition) is 4. The van der Waals surface area contributed by atoms with Crippen molar-refractivity contribution in [3.8, 4) is 0 Å². The smallest absolute Gasteiger partial charge is 0.262 e. The van der Waals surface area contributed by atoms with Crippen molar-refractivity contribution >= 4 is 33.3 Å². The first-order valence-electron chi connectivity index (χ1n) is 8.75. The fourth-order valence-corrected chi connectivity index (χ4v) is 5.65. The van der Waals surface area contributed by atoms with E-state index in [0.29, 0.717) is 0 Å². The van der Waals surface area contributed by atoms with E-state index in [2.05, 4.69) is 32.0 Å². The van der Waals surface area contributed by atoms with Crippen LogP contribution in [0.15, 0.2) is 28.2 Å². The summed E-state index contributed by atoms with van der Waals surface area (Å²) in [5, 5.41) is 1.69. The lowest BCUT2D eigenvalue weighted by Crippen LogP contribution is -2.20. The van der Waals surface area contributed by atoms with Gasteiger partial charge in [0.1, 0.15) is 4.83 Å². The molecule has 130 valence electrons. The zero-order valence-corrected chi connectivity index (χ0v) is 16.5. The Bertz CT molecular complexity index is 1020. The van der Waals surface area contributed by atoms with Crippen molar-refractivity contribution in [2.24, 2.45) is 7.05 Å². The standard InChI is InChI=1S/C20H22N2OS2/c1-12-8-9-14(10-13(12)2)11-24-20-21-18-17(19(23)22(20)3)15-6-4-5-7-16(15)25-18/h8-10H,4-7,11H2,1-3H3. The molecule has 0 atom stereocenters. The van der Waals surface area contributed by atoms with Crippen molar-refractivity contribution in [3.05, 3.63) is 55.7 Å². The third-order valence-corrected chi connectivity index (χ3v) is 7.38. The largest absolute Gasteiger partial charge is 0.290 e. The van der Waals surface area contributed by atoms with Crippen LogP contribution in [0, 0.1) is 13.8 Å². The third-order valence-electron chi connectivity index (χ3n) is 5.09. The zero-order valence-electron chi connectivity index (χ0n) is 14.9. The lowest BCUT2D eigenvalue weighted by Gasteiger charge is -2.11. The molecule has 0 saturated heterocycles. The van der Waals surface area contributed by atoms with E-state index in [4.69, 9.17) is 4.98 Å². The molecule has 3 aromatic rings. The summed E-state index contributed by atoms with van der Waals surface area (Å²) in [6.45, 7) is 4.27. The highest BCUT2D eigenvalue weighted by molar-refractivity contribution is 7.98. The van der Waals surface area contributed by atoms with Gasteiger partial charge in [-0.3, -0.25) is 9.36 Å². The van der Waals surface area contributed by atoms with Crippen LogP contribution in [0.1, 0.15) is 40.0 Å². The summed E-state index contributed by atoms with van der Waals surface area (Å²) in [7, 11) is 1.85. The minimum atomic E-state index is 0.118. The number of thiophene rings is 1. The van der Waals surface area contributed by atoms with Crippen LogP contribution in [-0.2, 0) is 25.6 Å². The Morgan fingerprint density at radius 2 is 2.00 bits per heavy atom. The molecule has 0 unspecified atom stereocenters. The summed E-state index contributed by atoms with van der Waals surface area (Å²) in [5.74, 6) is 0.831. The molecule has 1 aliphatic carbocycles. The van der Waals surface area contributed by atoms with Crippen molar-refractivity contribution in [2.75, 3.05) is 0 Å². The first kappa shape index (κ1) is 16.9. The summed E-state index contributed by atoms with van der Waals surface area (Å²) in [5.41, 5.74) is 5.27. The molecule has 25 heavy (non-hydrogen) atoms. The van der Waals surface area contributed by atoms with Gasteiger partial charge < -0.3 is 0 Å². The van der Waals surface area contributed by atoms with E-state index in [9.17, 15) is 4.79 Å². The minimum Gasteiger partial charge on any atom is -0.290 e. The molecule has 0 amide bonds. The van der Waals surface area contributed by atoms with E-state index in [1.54, 1.807) is 27.7 Å². The number of nitrogens with zero attached hydrogens (tertiary/aromatic N) is 2. The van der Waals surface area contributed by atoms with Crippen LogP contribution in [0.4, 0.5) is 0 Å². The number of aryl methyl sites for hydroxylation is 4. The summed E-state index contributed by atoms with van der Waals surface area (Å²) >= 11 is 3.37. The summed E-state index contributed by atoms with van der Waals surface area (Å²) < 4.78 is 1.73. The number of aromatic nitrogens is 2. The van der Waals surface area contributed by atoms with Crippen LogP contribution in [0.25, 0.3) is 10.2 Å². The van der Waals surface area contributed by atoms with E-state index in [1.807, 2.05) is 7.05 Å². The Morgan fingerprint density at radius 1 is 1.20 bits per heavy atom. The molecule has 0 spiro atoms. The Kier molecular flexibility index (Phi) is 4.46. The van der Waals surface area contributed by atoms with Gasteiger partial charge >= 0.3 is 0 Å². The predicted molar refractivity (Wildman–Crippen MR) is 107 cm³/mol. The van der Waals surface area contributed by atoms with Crippen LogP contribution in [-0.4, -0.2) is 9.55 Å². The van der Waals surface area contributed by atoms with Crippen LogP contribution in [0.2, 0.25) is 0 Å². The molecule has 0 aliphatic heterocycles. The van der Waals surface area contributed by atoms with E-state index in [-0.39, 0.29) is 5.56 Å². The second kappa shape index (κ2) is 6.61. The first-order chi connectivity index (χ1) is 12.0. The van der Waals surface area contributed by atoms with Crippen molar-refractivity contribution in [3.63, 3.8) is 0 Å². The predicted octanol–water partition coefficient (Wildman–Crippen LogP) is 4.78. The molecule has 2 heterocycles. The molecule has 0 radical (unpaired) electrons. The van der Waals surface area contributed by atoms with Crippen LogP contribution >= 0.6 is 23.1 Å². The fourth-order valence-electron chi connectivity index (χ4n) is 3.44. The Morgan fingerprint density at radius 3 is 2.80 bits per heavy atom. The maximum Gasteiger partial charge on any atom is 0.262 e. The molecule has 1 aliphatic rings.